The summed E-state index contributed by atoms with van der Waals surface area (Å²) in [6, 6.07) is 0. The molecule has 1 N–H and O–H groups in total. The van der Waals surface area contributed by atoms with Crippen LogP contribution in [-0.2, 0) is 17.8 Å². The van der Waals surface area contributed by atoms with Crippen LogP contribution in [0.25, 0.3) is 0 Å². The van der Waals surface area contributed by atoms with Crippen LogP contribution in [0.5, 0.6) is 0 Å². The van der Waals surface area contributed by atoms with Crippen molar-refractivity contribution in [3.8, 4) is 0 Å². The Morgan fingerprint density at radius 1 is 1.42 bits per heavy atom. The lowest BCUT2D eigenvalue weighted by Crippen LogP contribution is -2.27. The lowest BCUT2D eigenvalue weighted by Gasteiger charge is -2.34. The molecule has 1 aromatic rings. The van der Waals surface area contributed by atoms with Gasteiger partial charge in [0.1, 0.15) is 0 Å². The zero-order valence-corrected chi connectivity index (χ0v) is 12.4. The van der Waals surface area contributed by atoms with Crippen molar-refractivity contribution in [1.29, 1.82) is 0 Å². The lowest BCUT2D eigenvalue weighted by molar-refractivity contribution is -0.0000932. The van der Waals surface area contributed by atoms with Gasteiger partial charge in [-0.2, -0.15) is 0 Å². The van der Waals surface area contributed by atoms with Crippen molar-refractivity contribution in [1.82, 2.24) is 20.3 Å². The number of ether oxygens (including phenoxy) is 1. The topological polar surface area (TPSA) is 52.0 Å². The summed E-state index contributed by atoms with van der Waals surface area (Å²) in [6.07, 6.45) is 7.34. The SMILES string of the molecule is CNCc1cn(CCOC2CCC(C)(C)CC2)nn1. The van der Waals surface area contributed by atoms with E-state index in [0.717, 1.165) is 25.4 Å². The van der Waals surface area contributed by atoms with Crippen LogP contribution in [0.15, 0.2) is 6.20 Å². The first-order chi connectivity index (χ1) is 9.09. The van der Waals surface area contributed by atoms with Crippen LogP contribution in [0.2, 0.25) is 0 Å². The van der Waals surface area contributed by atoms with Crippen molar-refractivity contribution < 1.29 is 4.74 Å². The molecule has 0 aliphatic heterocycles. The Balaban J connectivity index is 1.66. The van der Waals surface area contributed by atoms with Crippen molar-refractivity contribution >= 4 is 0 Å². The Bertz CT molecular complexity index is 379. The number of nitrogens with one attached hydrogen (secondary N) is 1. The van der Waals surface area contributed by atoms with E-state index in [-0.39, 0.29) is 0 Å². The second-order valence-electron chi connectivity index (χ2n) is 6.24. The normalized spacial score (nSPS) is 19.7. The molecule has 1 aromatic heterocycles. The van der Waals surface area contributed by atoms with Crippen molar-refractivity contribution in [2.24, 2.45) is 5.41 Å². The number of aromatic nitrogens is 3. The zero-order valence-electron chi connectivity index (χ0n) is 12.4. The monoisotopic (exact) mass is 266 g/mol. The smallest absolute Gasteiger partial charge is 0.0964 e. The van der Waals surface area contributed by atoms with Gasteiger partial charge in [0.2, 0.25) is 0 Å². The van der Waals surface area contributed by atoms with Crippen LogP contribution >= 0.6 is 0 Å². The molecule has 0 spiro atoms. The molecule has 1 fully saturated rings. The maximum Gasteiger partial charge on any atom is 0.0964 e. The molecule has 0 amide bonds. The minimum Gasteiger partial charge on any atom is -0.376 e. The molecule has 0 bridgehead atoms. The van der Waals surface area contributed by atoms with E-state index in [1.165, 1.54) is 25.7 Å². The zero-order chi connectivity index (χ0) is 13.7. The van der Waals surface area contributed by atoms with Gasteiger partial charge >= 0.3 is 0 Å². The summed E-state index contributed by atoms with van der Waals surface area (Å²) >= 11 is 0. The fourth-order valence-electron chi connectivity index (χ4n) is 2.56. The van der Waals surface area contributed by atoms with Gasteiger partial charge in [-0.25, -0.2) is 4.68 Å². The fourth-order valence-corrected chi connectivity index (χ4v) is 2.56. The molecule has 0 saturated heterocycles. The first-order valence-electron chi connectivity index (χ1n) is 7.24. The van der Waals surface area contributed by atoms with E-state index >= 15 is 0 Å². The van der Waals surface area contributed by atoms with Gasteiger partial charge in [-0.3, -0.25) is 0 Å². The van der Waals surface area contributed by atoms with E-state index < -0.39 is 0 Å². The average molecular weight is 266 g/mol. The predicted molar refractivity (Wildman–Crippen MR) is 74.8 cm³/mol. The van der Waals surface area contributed by atoms with Gasteiger partial charge in [-0.15, -0.1) is 5.10 Å². The highest BCUT2D eigenvalue weighted by Crippen LogP contribution is 2.36. The quantitative estimate of drug-likeness (QED) is 0.855. The number of rotatable bonds is 6. The van der Waals surface area contributed by atoms with E-state index in [2.05, 4.69) is 29.5 Å². The van der Waals surface area contributed by atoms with Gasteiger partial charge in [-0.1, -0.05) is 19.1 Å². The third-order valence-electron chi connectivity index (χ3n) is 3.90. The molecule has 0 unspecified atom stereocenters. The average Bonchev–Trinajstić information content (AvgIpc) is 2.80. The third-order valence-corrected chi connectivity index (χ3v) is 3.90. The molecule has 0 radical (unpaired) electrons. The second kappa shape index (κ2) is 6.48. The number of hydrogen-bond acceptors (Lipinski definition) is 4. The first-order valence-corrected chi connectivity index (χ1v) is 7.24. The minimum absolute atomic E-state index is 0.438. The maximum absolute atomic E-state index is 5.95. The highest BCUT2D eigenvalue weighted by Gasteiger charge is 2.26. The van der Waals surface area contributed by atoms with Crippen LogP contribution in [0, 0.1) is 5.41 Å². The van der Waals surface area contributed by atoms with Crippen molar-refractivity contribution in [3.05, 3.63) is 11.9 Å². The first kappa shape index (κ1) is 14.5. The fraction of sp³-hybridized carbons (Fsp3) is 0.857. The molecular weight excluding hydrogens is 240 g/mol. The predicted octanol–water partition coefficient (Wildman–Crippen LogP) is 1.98. The number of hydrogen-bond donors (Lipinski definition) is 1. The van der Waals surface area contributed by atoms with Gasteiger partial charge < -0.3 is 10.1 Å². The molecule has 1 aliphatic rings. The van der Waals surface area contributed by atoms with Crippen molar-refractivity contribution in [3.63, 3.8) is 0 Å². The molecule has 1 aliphatic carbocycles. The summed E-state index contributed by atoms with van der Waals surface area (Å²) in [7, 11) is 1.91. The van der Waals surface area contributed by atoms with Gasteiger partial charge in [0, 0.05) is 12.7 Å². The van der Waals surface area contributed by atoms with Crippen LogP contribution in [0.3, 0.4) is 0 Å². The summed E-state index contributed by atoms with van der Waals surface area (Å²) in [5.41, 5.74) is 1.48. The molecule has 5 nitrogen and oxygen atoms in total. The van der Waals surface area contributed by atoms with Gasteiger partial charge in [0.15, 0.2) is 0 Å². The third kappa shape index (κ3) is 4.58. The molecule has 2 rings (SSSR count). The summed E-state index contributed by atoms with van der Waals surface area (Å²) in [4.78, 5) is 0. The molecule has 108 valence electrons. The maximum atomic E-state index is 5.95. The summed E-state index contributed by atoms with van der Waals surface area (Å²) in [5, 5.41) is 11.2. The molecule has 0 atom stereocenters. The standard InChI is InChI=1S/C14H26N4O/c1-14(2)6-4-13(5-7-14)19-9-8-18-11-12(10-15-3)16-17-18/h11,13,15H,4-10H2,1-3H3. The second-order valence-corrected chi connectivity index (χ2v) is 6.24. The van der Waals surface area contributed by atoms with E-state index in [4.69, 9.17) is 4.74 Å². The van der Waals surface area contributed by atoms with Crippen molar-refractivity contribution in [2.75, 3.05) is 13.7 Å². The lowest BCUT2D eigenvalue weighted by atomic mass is 9.76. The van der Waals surface area contributed by atoms with Crippen molar-refractivity contribution in [2.45, 2.75) is 58.7 Å². The Morgan fingerprint density at radius 3 is 2.84 bits per heavy atom. The van der Waals surface area contributed by atoms with E-state index in [0.29, 0.717) is 11.5 Å². The number of nitrogens with zero attached hydrogens (tertiary/aromatic N) is 3. The highest BCUT2D eigenvalue weighted by molar-refractivity contribution is 4.90. The van der Waals surface area contributed by atoms with E-state index in [1.807, 2.05) is 17.9 Å². The summed E-state index contributed by atoms with van der Waals surface area (Å²) < 4.78 is 7.81. The van der Waals surface area contributed by atoms with Gasteiger partial charge in [-0.05, 0) is 38.1 Å². The molecule has 1 saturated carbocycles. The summed E-state index contributed by atoms with van der Waals surface area (Å²) in [6.45, 7) is 6.98. The molecule has 19 heavy (non-hydrogen) atoms. The minimum atomic E-state index is 0.438. The van der Waals surface area contributed by atoms with Crippen LogP contribution < -0.4 is 5.32 Å². The van der Waals surface area contributed by atoms with Crippen LogP contribution in [-0.4, -0.2) is 34.8 Å². The van der Waals surface area contributed by atoms with E-state index in [9.17, 15) is 0 Å². The Morgan fingerprint density at radius 2 is 2.16 bits per heavy atom. The van der Waals surface area contributed by atoms with Crippen LogP contribution in [0.1, 0.15) is 45.2 Å². The van der Waals surface area contributed by atoms with Crippen LogP contribution in [0.4, 0.5) is 0 Å². The van der Waals surface area contributed by atoms with Gasteiger partial charge in [0.25, 0.3) is 0 Å². The molecule has 0 aromatic carbocycles. The Hall–Kier alpha value is -0.940. The highest BCUT2D eigenvalue weighted by atomic mass is 16.5. The molecule has 5 heteroatoms. The van der Waals surface area contributed by atoms with Gasteiger partial charge in [0.05, 0.1) is 24.9 Å². The summed E-state index contributed by atoms with van der Waals surface area (Å²) in [5.74, 6) is 0. The Labute approximate surface area is 115 Å². The largest absolute Gasteiger partial charge is 0.376 e. The van der Waals surface area contributed by atoms with E-state index in [1.54, 1.807) is 0 Å². The Kier molecular flexibility index (Phi) is 4.93. The molecule has 1 heterocycles. The molecular formula is C14H26N4O.